The lowest BCUT2D eigenvalue weighted by Gasteiger charge is -2.36. The van der Waals surface area contributed by atoms with Crippen molar-refractivity contribution in [1.29, 1.82) is 0 Å². The van der Waals surface area contributed by atoms with E-state index in [1.54, 1.807) is 29.0 Å². The van der Waals surface area contributed by atoms with Crippen molar-refractivity contribution in [3.05, 3.63) is 78.4 Å². The van der Waals surface area contributed by atoms with Gasteiger partial charge < -0.3 is 9.80 Å². The summed E-state index contributed by atoms with van der Waals surface area (Å²) in [6.45, 7) is 1.87. The smallest absolute Gasteiger partial charge is 0.320 e. The number of benzene rings is 3. The van der Waals surface area contributed by atoms with Crippen LogP contribution >= 0.6 is 0 Å². The van der Waals surface area contributed by atoms with Crippen molar-refractivity contribution in [1.82, 2.24) is 14.1 Å². The average molecular weight is 424 g/mol. The summed E-state index contributed by atoms with van der Waals surface area (Å²) in [5.74, 6) is 0. The van der Waals surface area contributed by atoms with E-state index in [1.165, 1.54) is 4.31 Å². The molecule has 1 fully saturated rings. The lowest BCUT2D eigenvalue weighted by Crippen LogP contribution is -2.53. The summed E-state index contributed by atoms with van der Waals surface area (Å²) in [5, 5.41) is 1.91. The molecular weight excluding hydrogens is 398 g/mol. The molecule has 0 radical (unpaired) electrons. The molecule has 0 bridgehead atoms. The average Bonchev–Trinajstić information content (AvgIpc) is 2.79. The van der Waals surface area contributed by atoms with E-state index in [9.17, 15) is 13.2 Å². The van der Waals surface area contributed by atoms with Crippen molar-refractivity contribution in [2.24, 2.45) is 0 Å². The minimum Gasteiger partial charge on any atom is -0.323 e. The summed E-state index contributed by atoms with van der Waals surface area (Å²) >= 11 is 0. The van der Waals surface area contributed by atoms with Gasteiger partial charge in [0.25, 0.3) is 0 Å². The number of carbonyl (C=O) groups excluding carboxylic acids is 1. The van der Waals surface area contributed by atoms with Gasteiger partial charge in [-0.1, -0.05) is 60.7 Å². The Bertz CT molecular complexity index is 1140. The number of carbonyl (C=O) groups is 1. The third kappa shape index (κ3) is 4.17. The molecule has 7 heteroatoms. The van der Waals surface area contributed by atoms with Gasteiger partial charge in [-0.2, -0.15) is 4.31 Å². The monoisotopic (exact) mass is 423 g/mol. The van der Waals surface area contributed by atoms with Crippen LogP contribution in [0.3, 0.4) is 0 Å². The quantitative estimate of drug-likeness (QED) is 0.646. The second kappa shape index (κ2) is 8.45. The second-order valence-electron chi connectivity index (χ2n) is 7.52. The fourth-order valence-corrected chi connectivity index (χ4v) is 5.22. The number of amides is 2. The van der Waals surface area contributed by atoms with E-state index in [4.69, 9.17) is 0 Å². The summed E-state index contributed by atoms with van der Waals surface area (Å²) in [4.78, 5) is 16.4. The summed E-state index contributed by atoms with van der Waals surface area (Å²) in [6.07, 6.45) is 0. The highest BCUT2D eigenvalue weighted by Crippen LogP contribution is 2.23. The van der Waals surface area contributed by atoms with Crippen LogP contribution in [0.5, 0.6) is 0 Å². The molecule has 0 unspecified atom stereocenters. The highest BCUT2D eigenvalue weighted by atomic mass is 32.2. The Morgan fingerprint density at radius 3 is 2.20 bits per heavy atom. The van der Waals surface area contributed by atoms with Gasteiger partial charge in [-0.15, -0.1) is 0 Å². The second-order valence-corrected chi connectivity index (χ2v) is 9.46. The normalized spacial score (nSPS) is 15.3. The SMILES string of the molecule is CN(Cc1ccccc1)C(=O)N1CCN(S(=O)(=O)c2ccc3ccccc3c2)CC1. The first-order chi connectivity index (χ1) is 14.4. The summed E-state index contributed by atoms with van der Waals surface area (Å²) in [6, 6.07) is 22.6. The van der Waals surface area contributed by atoms with Crippen LogP contribution in [0.15, 0.2) is 77.7 Å². The Balaban J connectivity index is 1.41. The Morgan fingerprint density at radius 1 is 0.867 bits per heavy atom. The van der Waals surface area contributed by atoms with Crippen LogP contribution in [-0.2, 0) is 16.6 Å². The molecule has 1 saturated heterocycles. The molecule has 0 aromatic heterocycles. The maximum absolute atomic E-state index is 13.1. The number of piperazine rings is 1. The third-order valence-electron chi connectivity index (χ3n) is 5.46. The van der Waals surface area contributed by atoms with Gasteiger partial charge in [0.15, 0.2) is 0 Å². The van der Waals surface area contributed by atoms with Gasteiger partial charge in [0.05, 0.1) is 4.90 Å². The summed E-state index contributed by atoms with van der Waals surface area (Å²) < 4.78 is 27.7. The van der Waals surface area contributed by atoms with E-state index in [0.29, 0.717) is 37.6 Å². The number of urea groups is 1. The topological polar surface area (TPSA) is 60.9 Å². The number of nitrogens with zero attached hydrogens (tertiary/aromatic N) is 3. The van der Waals surface area contributed by atoms with Crippen molar-refractivity contribution in [2.75, 3.05) is 33.2 Å². The standard InChI is InChI=1S/C23H25N3O3S/c1-24(18-19-7-3-2-4-8-19)23(27)25-13-15-26(16-14-25)30(28,29)22-12-11-20-9-5-6-10-21(20)17-22/h2-12,17H,13-16,18H2,1H3. The summed E-state index contributed by atoms with van der Waals surface area (Å²) in [5.41, 5.74) is 1.06. The first-order valence-electron chi connectivity index (χ1n) is 9.98. The lowest BCUT2D eigenvalue weighted by atomic mass is 10.1. The highest BCUT2D eigenvalue weighted by molar-refractivity contribution is 7.89. The maximum atomic E-state index is 13.1. The Kier molecular flexibility index (Phi) is 5.74. The van der Waals surface area contributed by atoms with Crippen LogP contribution in [-0.4, -0.2) is 61.8 Å². The van der Waals surface area contributed by atoms with Crippen LogP contribution in [0.2, 0.25) is 0 Å². The molecule has 1 heterocycles. The van der Waals surface area contributed by atoms with Gasteiger partial charge >= 0.3 is 6.03 Å². The zero-order valence-corrected chi connectivity index (χ0v) is 17.8. The molecule has 156 valence electrons. The van der Waals surface area contributed by atoms with Crippen LogP contribution in [0.1, 0.15) is 5.56 Å². The number of rotatable bonds is 4. The molecule has 4 rings (SSSR count). The Hall–Kier alpha value is -2.90. The molecule has 0 spiro atoms. The van der Waals surface area contributed by atoms with Crippen molar-refractivity contribution in [3.8, 4) is 0 Å². The molecule has 0 N–H and O–H groups in total. The molecule has 0 aliphatic carbocycles. The van der Waals surface area contributed by atoms with Gasteiger partial charge in [0, 0.05) is 39.8 Å². The fraction of sp³-hybridized carbons (Fsp3) is 0.261. The minimum atomic E-state index is -3.59. The van der Waals surface area contributed by atoms with Crippen molar-refractivity contribution < 1.29 is 13.2 Å². The van der Waals surface area contributed by atoms with E-state index in [1.807, 2.05) is 60.7 Å². The van der Waals surface area contributed by atoms with Crippen molar-refractivity contribution >= 4 is 26.8 Å². The molecule has 0 atom stereocenters. The van der Waals surface area contributed by atoms with Gasteiger partial charge in [-0.3, -0.25) is 0 Å². The van der Waals surface area contributed by atoms with Gasteiger partial charge in [-0.05, 0) is 28.5 Å². The van der Waals surface area contributed by atoms with E-state index < -0.39 is 10.0 Å². The first kappa shape index (κ1) is 20.4. The molecule has 1 aliphatic heterocycles. The van der Waals surface area contributed by atoms with Crippen LogP contribution in [0, 0.1) is 0 Å². The molecule has 1 aliphatic rings. The van der Waals surface area contributed by atoms with E-state index in [2.05, 4.69) is 0 Å². The third-order valence-corrected chi connectivity index (χ3v) is 7.35. The molecule has 2 amide bonds. The Labute approximate surface area is 177 Å². The first-order valence-corrected chi connectivity index (χ1v) is 11.4. The van der Waals surface area contributed by atoms with Crippen molar-refractivity contribution in [3.63, 3.8) is 0 Å². The van der Waals surface area contributed by atoms with E-state index in [0.717, 1.165) is 16.3 Å². The minimum absolute atomic E-state index is 0.0818. The number of fused-ring (bicyclic) bond motifs is 1. The van der Waals surface area contributed by atoms with Gasteiger partial charge in [-0.25, -0.2) is 13.2 Å². The number of sulfonamides is 1. The van der Waals surface area contributed by atoms with E-state index >= 15 is 0 Å². The predicted molar refractivity (Wildman–Crippen MR) is 118 cm³/mol. The zero-order valence-electron chi connectivity index (χ0n) is 16.9. The maximum Gasteiger partial charge on any atom is 0.320 e. The van der Waals surface area contributed by atoms with Crippen LogP contribution in [0.4, 0.5) is 4.79 Å². The molecule has 0 saturated carbocycles. The molecule has 30 heavy (non-hydrogen) atoms. The van der Waals surface area contributed by atoms with E-state index in [-0.39, 0.29) is 6.03 Å². The fourth-order valence-electron chi connectivity index (χ4n) is 3.76. The lowest BCUT2D eigenvalue weighted by molar-refractivity contribution is 0.140. The molecular formula is C23H25N3O3S. The van der Waals surface area contributed by atoms with Crippen LogP contribution < -0.4 is 0 Å². The molecule has 3 aromatic rings. The largest absolute Gasteiger partial charge is 0.323 e. The molecule has 6 nitrogen and oxygen atoms in total. The molecule has 3 aromatic carbocycles. The highest BCUT2D eigenvalue weighted by Gasteiger charge is 2.31. The zero-order chi connectivity index (χ0) is 21.1. The number of hydrogen-bond acceptors (Lipinski definition) is 3. The number of hydrogen-bond donors (Lipinski definition) is 0. The van der Waals surface area contributed by atoms with Gasteiger partial charge in [0.2, 0.25) is 10.0 Å². The van der Waals surface area contributed by atoms with Gasteiger partial charge in [0.1, 0.15) is 0 Å². The van der Waals surface area contributed by atoms with Crippen LogP contribution in [0.25, 0.3) is 10.8 Å². The Morgan fingerprint density at radius 2 is 1.50 bits per heavy atom. The summed E-state index contributed by atoms with van der Waals surface area (Å²) in [7, 11) is -1.82. The predicted octanol–water partition coefficient (Wildman–Crippen LogP) is 3.40. The van der Waals surface area contributed by atoms with Crippen molar-refractivity contribution in [2.45, 2.75) is 11.4 Å².